The topological polar surface area (TPSA) is 88.1 Å². The van der Waals surface area contributed by atoms with E-state index in [-0.39, 0.29) is 17.6 Å². The molecule has 1 saturated carbocycles. The third kappa shape index (κ3) is 7.25. The fourth-order valence-corrected chi connectivity index (χ4v) is 5.35. The number of hydrogen-bond donors (Lipinski definition) is 2. The van der Waals surface area contributed by atoms with Gasteiger partial charge in [-0.1, -0.05) is 49.6 Å². The first-order valence-corrected chi connectivity index (χ1v) is 13.5. The fourth-order valence-electron chi connectivity index (χ4n) is 5.35. The van der Waals surface area contributed by atoms with Crippen LogP contribution in [0.25, 0.3) is 0 Å². The highest BCUT2D eigenvalue weighted by Crippen LogP contribution is 2.42. The van der Waals surface area contributed by atoms with Crippen molar-refractivity contribution in [1.29, 1.82) is 0 Å². The van der Waals surface area contributed by atoms with Crippen LogP contribution in [-0.4, -0.2) is 52.3 Å². The normalized spacial score (nSPS) is 19.1. The summed E-state index contributed by atoms with van der Waals surface area (Å²) in [6, 6.07) is 17.1. The zero-order valence-corrected chi connectivity index (χ0v) is 22.2. The van der Waals surface area contributed by atoms with E-state index < -0.39 is 17.6 Å². The zero-order valence-electron chi connectivity index (χ0n) is 22.2. The van der Waals surface area contributed by atoms with Crippen LogP contribution in [0.2, 0.25) is 0 Å². The van der Waals surface area contributed by atoms with Crippen LogP contribution in [-0.2, 0) is 9.53 Å². The summed E-state index contributed by atoms with van der Waals surface area (Å²) < 4.78 is 11.5. The number of aliphatic hydroxyl groups is 1. The van der Waals surface area contributed by atoms with E-state index in [0.717, 1.165) is 30.6 Å². The van der Waals surface area contributed by atoms with E-state index >= 15 is 0 Å². The molecule has 200 valence electrons. The summed E-state index contributed by atoms with van der Waals surface area (Å²) in [5, 5.41) is 14.5. The van der Waals surface area contributed by atoms with Crippen molar-refractivity contribution in [2.75, 3.05) is 13.1 Å². The van der Waals surface area contributed by atoms with Crippen LogP contribution in [0.1, 0.15) is 77.2 Å². The molecular weight excluding hydrogens is 468 g/mol. The van der Waals surface area contributed by atoms with Crippen molar-refractivity contribution in [2.24, 2.45) is 0 Å². The summed E-state index contributed by atoms with van der Waals surface area (Å²) in [6.07, 6.45) is 4.63. The van der Waals surface area contributed by atoms with Gasteiger partial charge >= 0.3 is 6.09 Å². The van der Waals surface area contributed by atoms with Gasteiger partial charge in [-0.15, -0.1) is 0 Å². The molecule has 2 N–H and O–H groups in total. The molecule has 0 aromatic heterocycles. The van der Waals surface area contributed by atoms with Crippen molar-refractivity contribution >= 4 is 12.0 Å². The highest BCUT2D eigenvalue weighted by atomic mass is 16.6. The quantitative estimate of drug-likeness (QED) is 0.517. The number of hydrogen-bond acceptors (Lipinski definition) is 5. The van der Waals surface area contributed by atoms with Gasteiger partial charge < -0.3 is 24.8 Å². The average Bonchev–Trinajstić information content (AvgIpc) is 2.85. The second-order valence-electron chi connectivity index (χ2n) is 11.4. The number of para-hydroxylation sites is 1. The number of piperidine rings is 1. The summed E-state index contributed by atoms with van der Waals surface area (Å²) in [4.78, 5) is 27.9. The molecule has 2 aliphatic rings. The molecule has 4 rings (SSSR count). The third-order valence-electron chi connectivity index (χ3n) is 7.20. The number of nitrogens with one attached hydrogen (secondary N) is 1. The first-order chi connectivity index (χ1) is 17.6. The first-order valence-electron chi connectivity index (χ1n) is 13.5. The number of carbonyl (C=O) groups excluding carboxylic acids is 2. The molecule has 0 bridgehead atoms. The summed E-state index contributed by atoms with van der Waals surface area (Å²) in [5.41, 5.74) is -0.632. The SMILES string of the molecule is CC(C)(C)NC(=O)OC1CCN(C(=O)C(c2ccc(Oc3ccccc3)cc2)C2(O)CCCCC2)CC1. The lowest BCUT2D eigenvalue weighted by Gasteiger charge is -2.42. The van der Waals surface area contributed by atoms with E-state index in [9.17, 15) is 14.7 Å². The Morgan fingerprint density at radius 2 is 1.54 bits per heavy atom. The van der Waals surface area contributed by atoms with Gasteiger partial charge in [-0.2, -0.15) is 0 Å². The van der Waals surface area contributed by atoms with Crippen LogP contribution in [0.5, 0.6) is 11.5 Å². The molecule has 2 aromatic carbocycles. The second-order valence-corrected chi connectivity index (χ2v) is 11.4. The lowest BCUT2D eigenvalue weighted by Crippen LogP contribution is -2.51. The van der Waals surface area contributed by atoms with Crippen LogP contribution in [0, 0.1) is 0 Å². The highest BCUT2D eigenvalue weighted by molar-refractivity contribution is 5.85. The van der Waals surface area contributed by atoms with Crippen LogP contribution >= 0.6 is 0 Å². The minimum atomic E-state index is -1.07. The van der Waals surface area contributed by atoms with E-state index in [0.29, 0.717) is 44.5 Å². The molecule has 1 saturated heterocycles. The summed E-state index contributed by atoms with van der Waals surface area (Å²) in [5.74, 6) is 0.734. The Balaban J connectivity index is 1.45. The Morgan fingerprint density at radius 1 is 0.946 bits per heavy atom. The lowest BCUT2D eigenvalue weighted by molar-refractivity contribution is -0.143. The van der Waals surface area contributed by atoms with E-state index in [1.54, 1.807) is 0 Å². The van der Waals surface area contributed by atoms with Crippen molar-refractivity contribution in [2.45, 2.75) is 88.9 Å². The molecule has 0 radical (unpaired) electrons. The number of carbonyl (C=O) groups is 2. The minimum absolute atomic E-state index is 0.0567. The Bertz CT molecular complexity index is 1030. The molecule has 37 heavy (non-hydrogen) atoms. The van der Waals surface area contributed by atoms with Gasteiger partial charge in [-0.05, 0) is 63.4 Å². The van der Waals surface area contributed by atoms with Crippen molar-refractivity contribution in [3.05, 3.63) is 60.2 Å². The van der Waals surface area contributed by atoms with Crippen molar-refractivity contribution in [1.82, 2.24) is 10.2 Å². The molecule has 7 heteroatoms. The van der Waals surface area contributed by atoms with Crippen LogP contribution in [0.4, 0.5) is 4.79 Å². The molecule has 1 aliphatic heterocycles. The smallest absolute Gasteiger partial charge is 0.407 e. The molecule has 0 spiro atoms. The third-order valence-corrected chi connectivity index (χ3v) is 7.20. The van der Waals surface area contributed by atoms with Gasteiger partial charge in [-0.3, -0.25) is 4.79 Å². The van der Waals surface area contributed by atoms with E-state index in [1.165, 1.54) is 0 Å². The van der Waals surface area contributed by atoms with Crippen LogP contribution in [0.3, 0.4) is 0 Å². The highest BCUT2D eigenvalue weighted by Gasteiger charge is 2.45. The van der Waals surface area contributed by atoms with Gasteiger partial charge in [0.1, 0.15) is 17.6 Å². The molecule has 1 heterocycles. The number of ether oxygens (including phenoxy) is 2. The maximum Gasteiger partial charge on any atom is 0.407 e. The number of likely N-dealkylation sites (tertiary alicyclic amines) is 1. The van der Waals surface area contributed by atoms with Gasteiger partial charge in [0, 0.05) is 31.5 Å². The Morgan fingerprint density at radius 3 is 2.14 bits per heavy atom. The Labute approximate surface area is 220 Å². The van der Waals surface area contributed by atoms with E-state index in [4.69, 9.17) is 9.47 Å². The molecule has 1 atom stereocenters. The van der Waals surface area contributed by atoms with E-state index in [2.05, 4.69) is 5.32 Å². The van der Waals surface area contributed by atoms with Gasteiger partial charge in [0.15, 0.2) is 0 Å². The van der Waals surface area contributed by atoms with Gasteiger partial charge in [-0.25, -0.2) is 4.79 Å². The molecule has 2 aromatic rings. The van der Waals surface area contributed by atoms with E-state index in [1.807, 2.05) is 80.3 Å². The van der Waals surface area contributed by atoms with Gasteiger partial charge in [0.05, 0.1) is 11.5 Å². The molecule has 1 unspecified atom stereocenters. The standard InChI is InChI=1S/C30H40N2O5/c1-29(2,3)31-28(34)37-25-16-20-32(21-17-25)27(33)26(30(35)18-8-5-9-19-30)22-12-14-24(15-13-22)36-23-10-6-4-7-11-23/h4,6-7,10-15,25-26,35H,5,8-9,16-21H2,1-3H3,(H,31,34). The largest absolute Gasteiger partial charge is 0.457 e. The van der Waals surface area contributed by atoms with Gasteiger partial charge in [0.25, 0.3) is 0 Å². The number of benzene rings is 2. The summed E-state index contributed by atoms with van der Waals surface area (Å²) in [6.45, 7) is 6.71. The Kier molecular flexibility index (Phi) is 8.42. The summed E-state index contributed by atoms with van der Waals surface area (Å²) in [7, 11) is 0. The molecular formula is C30H40N2O5. The van der Waals surface area contributed by atoms with Crippen molar-refractivity contribution in [3.63, 3.8) is 0 Å². The summed E-state index contributed by atoms with van der Waals surface area (Å²) >= 11 is 0. The maximum absolute atomic E-state index is 13.9. The number of nitrogens with zero attached hydrogens (tertiary/aromatic N) is 1. The fraction of sp³-hybridized carbons (Fsp3) is 0.533. The molecule has 7 nitrogen and oxygen atoms in total. The maximum atomic E-state index is 13.9. The van der Waals surface area contributed by atoms with Crippen molar-refractivity contribution in [3.8, 4) is 11.5 Å². The minimum Gasteiger partial charge on any atom is -0.457 e. The van der Waals surface area contributed by atoms with Crippen LogP contribution < -0.4 is 10.1 Å². The monoisotopic (exact) mass is 508 g/mol. The second kappa shape index (κ2) is 11.5. The predicted octanol–water partition coefficient (Wildman–Crippen LogP) is 5.77. The number of amides is 2. The zero-order chi connectivity index (χ0) is 26.5. The molecule has 1 aliphatic carbocycles. The van der Waals surface area contributed by atoms with Gasteiger partial charge in [0.2, 0.25) is 5.91 Å². The van der Waals surface area contributed by atoms with Crippen molar-refractivity contribution < 1.29 is 24.2 Å². The average molecular weight is 509 g/mol. The Hall–Kier alpha value is -3.06. The molecule has 2 amide bonds. The predicted molar refractivity (Wildman–Crippen MR) is 143 cm³/mol. The first kappa shape index (κ1) is 27.0. The number of alkyl carbamates (subject to hydrolysis) is 1. The lowest BCUT2D eigenvalue weighted by atomic mass is 9.72. The molecule has 2 fully saturated rings. The van der Waals surface area contributed by atoms with Crippen LogP contribution in [0.15, 0.2) is 54.6 Å². The number of rotatable bonds is 6.